The zero-order chi connectivity index (χ0) is 17.9. The van der Waals surface area contributed by atoms with E-state index in [9.17, 15) is 17.6 Å². The van der Waals surface area contributed by atoms with Crippen molar-refractivity contribution in [3.05, 3.63) is 64.4 Å². The van der Waals surface area contributed by atoms with Crippen molar-refractivity contribution >= 4 is 27.3 Å². The van der Waals surface area contributed by atoms with Crippen LogP contribution in [-0.2, 0) is 21.1 Å². The molecule has 0 radical (unpaired) electrons. The van der Waals surface area contributed by atoms with E-state index in [0.29, 0.717) is 0 Å². The van der Waals surface area contributed by atoms with E-state index in [1.54, 1.807) is 19.1 Å². The summed E-state index contributed by atoms with van der Waals surface area (Å²) in [6.45, 7) is 1.76. The maximum Gasteiger partial charge on any atom is 0.225 e. The standard InChI is InChI=1S/C17H17ClFNO3S/c1-11(12-6-8-13(9-7-12)24(2,22)23)20-17(21)10-14-15(18)4-3-5-16(14)19/h3-9,11H,10H2,1-2H3,(H,20,21)/t11-/m1/s1. The highest BCUT2D eigenvalue weighted by molar-refractivity contribution is 7.90. The predicted molar refractivity (Wildman–Crippen MR) is 91.2 cm³/mol. The summed E-state index contributed by atoms with van der Waals surface area (Å²) in [6, 6.07) is 10.2. The molecular formula is C17H17ClFNO3S. The SMILES string of the molecule is C[C@@H](NC(=O)Cc1c(F)cccc1Cl)c1ccc(S(C)(=O)=O)cc1. The Morgan fingerprint density at radius 3 is 2.38 bits per heavy atom. The molecule has 0 aromatic heterocycles. The Hall–Kier alpha value is -1.92. The Labute approximate surface area is 145 Å². The third-order valence-electron chi connectivity index (χ3n) is 3.58. The lowest BCUT2D eigenvalue weighted by molar-refractivity contribution is -0.121. The fraction of sp³-hybridized carbons (Fsp3) is 0.235. The number of sulfone groups is 1. The van der Waals surface area contributed by atoms with Gasteiger partial charge in [-0.3, -0.25) is 4.79 Å². The Kier molecular flexibility index (Phi) is 5.62. The topological polar surface area (TPSA) is 63.2 Å². The molecule has 2 aromatic carbocycles. The number of carbonyl (C=O) groups is 1. The molecule has 0 saturated carbocycles. The summed E-state index contributed by atoms with van der Waals surface area (Å²) in [7, 11) is -3.26. The van der Waals surface area contributed by atoms with Gasteiger partial charge in [0.05, 0.1) is 17.4 Å². The van der Waals surface area contributed by atoms with E-state index in [2.05, 4.69) is 5.32 Å². The van der Waals surface area contributed by atoms with E-state index in [-0.39, 0.29) is 33.9 Å². The number of hydrogen-bond donors (Lipinski definition) is 1. The maximum atomic E-state index is 13.7. The van der Waals surface area contributed by atoms with Crippen LogP contribution < -0.4 is 5.32 Å². The minimum Gasteiger partial charge on any atom is -0.349 e. The van der Waals surface area contributed by atoms with E-state index in [1.807, 2.05) is 0 Å². The monoisotopic (exact) mass is 369 g/mol. The van der Waals surface area contributed by atoms with Crippen LogP contribution in [0.4, 0.5) is 4.39 Å². The molecule has 0 fully saturated rings. The van der Waals surface area contributed by atoms with Crippen molar-refractivity contribution < 1.29 is 17.6 Å². The summed E-state index contributed by atoms with van der Waals surface area (Å²) >= 11 is 5.91. The van der Waals surface area contributed by atoms with Crippen LogP contribution in [0.3, 0.4) is 0 Å². The molecule has 0 aliphatic heterocycles. The van der Waals surface area contributed by atoms with Crippen LogP contribution in [0.1, 0.15) is 24.1 Å². The van der Waals surface area contributed by atoms with Crippen LogP contribution in [0.2, 0.25) is 5.02 Å². The molecule has 128 valence electrons. The van der Waals surface area contributed by atoms with Gasteiger partial charge in [-0.1, -0.05) is 29.8 Å². The fourth-order valence-electron chi connectivity index (χ4n) is 2.24. The van der Waals surface area contributed by atoms with Crippen LogP contribution in [0, 0.1) is 5.82 Å². The Morgan fingerprint density at radius 2 is 1.83 bits per heavy atom. The number of benzene rings is 2. The van der Waals surface area contributed by atoms with Gasteiger partial charge in [0.1, 0.15) is 5.82 Å². The van der Waals surface area contributed by atoms with Gasteiger partial charge in [0.25, 0.3) is 0 Å². The maximum absolute atomic E-state index is 13.7. The van der Waals surface area contributed by atoms with Crippen LogP contribution >= 0.6 is 11.6 Å². The first-order chi connectivity index (χ1) is 11.2. The van der Waals surface area contributed by atoms with E-state index in [4.69, 9.17) is 11.6 Å². The largest absolute Gasteiger partial charge is 0.349 e. The molecule has 1 N–H and O–H groups in total. The summed E-state index contributed by atoms with van der Waals surface area (Å²) in [4.78, 5) is 12.3. The lowest BCUT2D eigenvalue weighted by atomic mass is 10.1. The van der Waals surface area contributed by atoms with Crippen molar-refractivity contribution in [1.29, 1.82) is 0 Å². The van der Waals surface area contributed by atoms with Gasteiger partial charge in [0.15, 0.2) is 9.84 Å². The first-order valence-electron chi connectivity index (χ1n) is 7.20. The molecule has 2 aromatic rings. The molecule has 0 aliphatic rings. The summed E-state index contributed by atoms with van der Waals surface area (Å²) in [5, 5.41) is 2.95. The zero-order valence-electron chi connectivity index (χ0n) is 13.2. The van der Waals surface area contributed by atoms with Crippen LogP contribution in [-0.4, -0.2) is 20.6 Å². The summed E-state index contributed by atoms with van der Waals surface area (Å²) in [5.74, 6) is -0.899. The third-order valence-corrected chi connectivity index (χ3v) is 5.07. The first-order valence-corrected chi connectivity index (χ1v) is 9.47. The number of amides is 1. The van der Waals surface area contributed by atoms with Gasteiger partial charge in [0.2, 0.25) is 5.91 Å². The lowest BCUT2D eigenvalue weighted by Gasteiger charge is -2.15. The van der Waals surface area contributed by atoms with Gasteiger partial charge in [0, 0.05) is 16.8 Å². The smallest absolute Gasteiger partial charge is 0.225 e. The average molecular weight is 370 g/mol. The quantitative estimate of drug-likeness (QED) is 0.879. The van der Waals surface area contributed by atoms with Crippen molar-refractivity contribution in [2.24, 2.45) is 0 Å². The Bertz CT molecular complexity index is 830. The highest BCUT2D eigenvalue weighted by Crippen LogP contribution is 2.20. The molecule has 24 heavy (non-hydrogen) atoms. The van der Waals surface area contributed by atoms with Gasteiger partial charge >= 0.3 is 0 Å². The molecule has 4 nitrogen and oxygen atoms in total. The molecule has 7 heteroatoms. The number of hydrogen-bond acceptors (Lipinski definition) is 3. The average Bonchev–Trinajstić information content (AvgIpc) is 2.50. The Balaban J connectivity index is 2.06. The molecule has 0 aliphatic carbocycles. The van der Waals surface area contributed by atoms with Crippen molar-refractivity contribution in [2.75, 3.05) is 6.26 Å². The Morgan fingerprint density at radius 1 is 1.21 bits per heavy atom. The van der Waals surface area contributed by atoms with Crippen LogP contribution in [0.5, 0.6) is 0 Å². The number of halogens is 2. The second-order valence-corrected chi connectivity index (χ2v) is 7.93. The normalized spacial score (nSPS) is 12.7. The fourth-order valence-corrected chi connectivity index (χ4v) is 3.10. The van der Waals surface area contributed by atoms with Crippen molar-refractivity contribution in [3.63, 3.8) is 0 Å². The van der Waals surface area contributed by atoms with Gasteiger partial charge in [-0.25, -0.2) is 12.8 Å². The number of rotatable bonds is 5. The molecule has 0 bridgehead atoms. The van der Waals surface area contributed by atoms with Gasteiger partial charge in [-0.15, -0.1) is 0 Å². The van der Waals surface area contributed by atoms with E-state index in [0.717, 1.165) is 11.8 Å². The molecule has 1 amide bonds. The highest BCUT2D eigenvalue weighted by Gasteiger charge is 2.15. The van der Waals surface area contributed by atoms with Crippen molar-refractivity contribution in [2.45, 2.75) is 24.3 Å². The van der Waals surface area contributed by atoms with Gasteiger partial charge in [-0.2, -0.15) is 0 Å². The van der Waals surface area contributed by atoms with Gasteiger partial charge in [-0.05, 0) is 36.8 Å². The summed E-state index contributed by atoms with van der Waals surface area (Å²) < 4.78 is 36.6. The zero-order valence-corrected chi connectivity index (χ0v) is 14.8. The van der Waals surface area contributed by atoms with E-state index in [1.165, 1.54) is 30.3 Å². The summed E-state index contributed by atoms with van der Waals surface area (Å²) in [6.07, 6.45) is 0.961. The third kappa shape index (κ3) is 4.55. The molecule has 0 spiro atoms. The number of nitrogens with one attached hydrogen (secondary N) is 1. The molecule has 1 atom stereocenters. The highest BCUT2D eigenvalue weighted by atomic mass is 35.5. The summed E-state index contributed by atoms with van der Waals surface area (Å²) in [5.41, 5.74) is 0.895. The van der Waals surface area contributed by atoms with Crippen LogP contribution in [0.25, 0.3) is 0 Å². The van der Waals surface area contributed by atoms with Crippen LogP contribution in [0.15, 0.2) is 47.4 Å². The van der Waals surface area contributed by atoms with Crippen molar-refractivity contribution in [3.8, 4) is 0 Å². The minimum absolute atomic E-state index is 0.149. The molecule has 0 unspecified atom stereocenters. The second-order valence-electron chi connectivity index (χ2n) is 5.51. The minimum atomic E-state index is -3.26. The molecule has 2 rings (SSSR count). The van der Waals surface area contributed by atoms with Gasteiger partial charge < -0.3 is 5.32 Å². The lowest BCUT2D eigenvalue weighted by Crippen LogP contribution is -2.28. The van der Waals surface area contributed by atoms with E-state index >= 15 is 0 Å². The predicted octanol–water partition coefficient (Wildman–Crippen LogP) is 3.30. The first kappa shape index (κ1) is 18.4. The molecular weight excluding hydrogens is 353 g/mol. The van der Waals surface area contributed by atoms with E-state index < -0.39 is 15.7 Å². The number of carbonyl (C=O) groups excluding carboxylic acids is 1. The molecule has 0 saturated heterocycles. The van der Waals surface area contributed by atoms with Crippen molar-refractivity contribution in [1.82, 2.24) is 5.32 Å². The molecule has 0 heterocycles. The second kappa shape index (κ2) is 7.32.